The molecule has 2 heteroatoms. The van der Waals surface area contributed by atoms with Crippen molar-refractivity contribution in [1.82, 2.24) is 4.90 Å². The number of piperidine rings is 1. The van der Waals surface area contributed by atoms with E-state index in [1.807, 2.05) is 0 Å². The lowest BCUT2D eigenvalue weighted by molar-refractivity contribution is 0.0156. The molecular weight excluding hydrogens is 150 g/mol. The van der Waals surface area contributed by atoms with Crippen LogP contribution in [0.5, 0.6) is 0 Å². The fourth-order valence-corrected chi connectivity index (χ4v) is 1.44. The fraction of sp³-hybridized carbons (Fsp3) is 0.800. The van der Waals surface area contributed by atoms with Crippen LogP contribution in [-0.2, 0) is 4.74 Å². The largest absolute Gasteiger partial charge is 0.377 e. The number of ether oxygens (including phenoxy) is 1. The van der Waals surface area contributed by atoms with Gasteiger partial charge in [-0.25, -0.2) is 0 Å². The normalized spacial score (nSPS) is 20.7. The molecular formula is C10H17NO. The highest BCUT2D eigenvalue weighted by atomic mass is 16.5. The molecule has 1 fully saturated rings. The number of hydrogen-bond acceptors (Lipinski definition) is 2. The van der Waals surface area contributed by atoms with E-state index < -0.39 is 0 Å². The Labute approximate surface area is 74.9 Å². The second-order valence-electron chi connectivity index (χ2n) is 3.33. The van der Waals surface area contributed by atoms with Gasteiger partial charge in [0.05, 0.1) is 12.7 Å². The number of hydrogen-bond donors (Lipinski definition) is 0. The highest BCUT2D eigenvalue weighted by Gasteiger charge is 2.16. The van der Waals surface area contributed by atoms with Crippen molar-refractivity contribution in [2.75, 3.05) is 26.7 Å². The van der Waals surface area contributed by atoms with Crippen LogP contribution in [0.25, 0.3) is 0 Å². The summed E-state index contributed by atoms with van der Waals surface area (Å²) in [5, 5.41) is 0. The van der Waals surface area contributed by atoms with Gasteiger partial charge in [0.1, 0.15) is 0 Å². The van der Waals surface area contributed by atoms with Gasteiger partial charge in [0.2, 0.25) is 0 Å². The summed E-state index contributed by atoms with van der Waals surface area (Å²) in [5.74, 6) is 2.58. The maximum absolute atomic E-state index is 5.60. The summed E-state index contributed by atoms with van der Waals surface area (Å²) in [4.78, 5) is 2.33. The van der Waals surface area contributed by atoms with Gasteiger partial charge in [0, 0.05) is 19.5 Å². The Hall–Kier alpha value is -0.520. The molecule has 0 amide bonds. The van der Waals surface area contributed by atoms with Crippen LogP contribution < -0.4 is 0 Å². The van der Waals surface area contributed by atoms with E-state index in [1.54, 1.807) is 0 Å². The van der Waals surface area contributed by atoms with E-state index in [0.717, 1.165) is 39.0 Å². The molecule has 0 saturated carbocycles. The van der Waals surface area contributed by atoms with Gasteiger partial charge in [-0.2, -0.15) is 0 Å². The van der Waals surface area contributed by atoms with E-state index >= 15 is 0 Å². The predicted molar refractivity (Wildman–Crippen MR) is 49.9 cm³/mol. The van der Waals surface area contributed by atoms with Crippen molar-refractivity contribution in [2.45, 2.75) is 25.4 Å². The van der Waals surface area contributed by atoms with Crippen molar-refractivity contribution in [3.05, 3.63) is 0 Å². The average Bonchev–Trinajstić information content (AvgIpc) is 2.09. The molecule has 1 aliphatic heterocycles. The van der Waals surface area contributed by atoms with Crippen LogP contribution in [-0.4, -0.2) is 37.7 Å². The number of terminal acetylenes is 1. The van der Waals surface area contributed by atoms with E-state index in [2.05, 4.69) is 17.9 Å². The van der Waals surface area contributed by atoms with Gasteiger partial charge in [0.25, 0.3) is 0 Å². The summed E-state index contributed by atoms with van der Waals surface area (Å²) in [6, 6.07) is 0. The van der Waals surface area contributed by atoms with E-state index in [1.165, 1.54) is 0 Å². The smallest absolute Gasteiger partial charge is 0.0600 e. The van der Waals surface area contributed by atoms with Gasteiger partial charge in [-0.15, -0.1) is 12.3 Å². The van der Waals surface area contributed by atoms with Crippen LogP contribution in [0.1, 0.15) is 19.3 Å². The van der Waals surface area contributed by atoms with Crippen molar-refractivity contribution < 1.29 is 4.74 Å². The quantitative estimate of drug-likeness (QED) is 0.461. The molecule has 0 aromatic heterocycles. The lowest BCUT2D eigenvalue weighted by Gasteiger charge is -2.28. The third-order valence-electron chi connectivity index (χ3n) is 2.27. The monoisotopic (exact) mass is 167 g/mol. The highest BCUT2D eigenvalue weighted by molar-refractivity contribution is 4.83. The summed E-state index contributed by atoms with van der Waals surface area (Å²) in [7, 11) is 2.15. The summed E-state index contributed by atoms with van der Waals surface area (Å²) in [5.41, 5.74) is 0. The minimum atomic E-state index is 0.453. The molecule has 1 rings (SSSR count). The first-order chi connectivity index (χ1) is 5.83. The molecule has 1 saturated heterocycles. The minimum Gasteiger partial charge on any atom is -0.377 e. The van der Waals surface area contributed by atoms with Crippen molar-refractivity contribution in [1.29, 1.82) is 0 Å². The van der Waals surface area contributed by atoms with Crippen molar-refractivity contribution in [2.24, 2.45) is 0 Å². The predicted octanol–water partition coefficient (Wildman–Crippen LogP) is 1.12. The first-order valence-electron chi connectivity index (χ1n) is 4.56. The van der Waals surface area contributed by atoms with Gasteiger partial charge >= 0.3 is 0 Å². The molecule has 1 heterocycles. The van der Waals surface area contributed by atoms with Crippen LogP contribution in [0.3, 0.4) is 0 Å². The zero-order valence-electron chi connectivity index (χ0n) is 7.75. The molecule has 0 radical (unpaired) electrons. The zero-order valence-corrected chi connectivity index (χ0v) is 7.75. The zero-order chi connectivity index (χ0) is 8.81. The Balaban J connectivity index is 2.06. The molecule has 0 atom stereocenters. The first kappa shape index (κ1) is 9.57. The number of nitrogens with zero attached hydrogens (tertiary/aromatic N) is 1. The fourth-order valence-electron chi connectivity index (χ4n) is 1.44. The van der Waals surface area contributed by atoms with Gasteiger partial charge in [-0.3, -0.25) is 0 Å². The molecule has 0 N–H and O–H groups in total. The third-order valence-corrected chi connectivity index (χ3v) is 2.27. The Morgan fingerprint density at radius 2 is 2.17 bits per heavy atom. The first-order valence-corrected chi connectivity index (χ1v) is 4.56. The Morgan fingerprint density at radius 1 is 1.50 bits per heavy atom. The maximum atomic E-state index is 5.60. The standard InChI is InChI=1S/C10H17NO/c1-3-4-9-12-10-5-7-11(2)8-6-10/h1,10H,4-9H2,2H3. The van der Waals surface area contributed by atoms with Gasteiger partial charge in [-0.05, 0) is 19.9 Å². The lowest BCUT2D eigenvalue weighted by atomic mass is 10.1. The van der Waals surface area contributed by atoms with Gasteiger partial charge in [-0.1, -0.05) is 0 Å². The Bertz CT molecular complexity index is 154. The summed E-state index contributed by atoms with van der Waals surface area (Å²) >= 11 is 0. The van der Waals surface area contributed by atoms with E-state index in [0.29, 0.717) is 6.10 Å². The maximum Gasteiger partial charge on any atom is 0.0600 e. The molecule has 1 aliphatic rings. The van der Waals surface area contributed by atoms with Crippen molar-refractivity contribution in [3.63, 3.8) is 0 Å². The van der Waals surface area contributed by atoms with Crippen LogP contribution in [0.4, 0.5) is 0 Å². The second-order valence-corrected chi connectivity index (χ2v) is 3.33. The topological polar surface area (TPSA) is 12.5 Å². The molecule has 0 spiro atoms. The van der Waals surface area contributed by atoms with Crippen LogP contribution in [0, 0.1) is 12.3 Å². The Morgan fingerprint density at radius 3 is 2.75 bits per heavy atom. The van der Waals surface area contributed by atoms with E-state index in [-0.39, 0.29) is 0 Å². The average molecular weight is 167 g/mol. The number of rotatable bonds is 3. The SMILES string of the molecule is C#CCCOC1CCN(C)CC1. The lowest BCUT2D eigenvalue weighted by Crippen LogP contribution is -2.34. The second kappa shape index (κ2) is 5.18. The van der Waals surface area contributed by atoms with Crippen LogP contribution in [0.15, 0.2) is 0 Å². The molecule has 0 aromatic rings. The summed E-state index contributed by atoms with van der Waals surface area (Å²) in [6.07, 6.45) is 8.63. The summed E-state index contributed by atoms with van der Waals surface area (Å²) < 4.78 is 5.60. The summed E-state index contributed by atoms with van der Waals surface area (Å²) in [6.45, 7) is 3.03. The molecule has 0 aliphatic carbocycles. The highest BCUT2D eigenvalue weighted by Crippen LogP contribution is 2.11. The Kier molecular flexibility index (Phi) is 4.13. The molecule has 68 valence electrons. The van der Waals surface area contributed by atoms with E-state index in [4.69, 9.17) is 11.2 Å². The molecule has 12 heavy (non-hydrogen) atoms. The molecule has 0 unspecified atom stereocenters. The van der Waals surface area contributed by atoms with Crippen molar-refractivity contribution in [3.8, 4) is 12.3 Å². The molecule has 2 nitrogen and oxygen atoms in total. The third kappa shape index (κ3) is 3.25. The van der Waals surface area contributed by atoms with Gasteiger partial charge < -0.3 is 9.64 Å². The minimum absolute atomic E-state index is 0.453. The van der Waals surface area contributed by atoms with Crippen LogP contribution in [0.2, 0.25) is 0 Å². The van der Waals surface area contributed by atoms with Crippen molar-refractivity contribution >= 4 is 0 Å². The van der Waals surface area contributed by atoms with Gasteiger partial charge in [0.15, 0.2) is 0 Å². The van der Waals surface area contributed by atoms with E-state index in [9.17, 15) is 0 Å². The molecule has 0 bridgehead atoms. The number of likely N-dealkylation sites (tertiary alicyclic amines) is 1. The molecule has 0 aromatic carbocycles. The van der Waals surface area contributed by atoms with Crippen LogP contribution >= 0.6 is 0 Å².